The van der Waals surface area contributed by atoms with Crippen LogP contribution in [0.15, 0.2) is 66.7 Å². The summed E-state index contributed by atoms with van der Waals surface area (Å²) in [6.45, 7) is 6.17. The molecule has 0 saturated carbocycles. The van der Waals surface area contributed by atoms with E-state index in [9.17, 15) is 14.4 Å². The van der Waals surface area contributed by atoms with Gasteiger partial charge in [0.15, 0.2) is 0 Å². The number of nitrogens with one attached hydrogen (secondary N) is 2. The number of aryl methyl sites for hydroxylation is 2. The fourth-order valence-corrected chi connectivity index (χ4v) is 4.19. The molecule has 1 saturated heterocycles. The minimum Gasteiger partial charge on any atom is -0.335 e. The molecule has 2 N–H and O–H groups in total. The number of benzene rings is 2. The molecule has 1 aromatic heterocycles. The van der Waals surface area contributed by atoms with Gasteiger partial charge < -0.3 is 10.2 Å². The summed E-state index contributed by atoms with van der Waals surface area (Å²) in [6.07, 6.45) is 0.176. The predicted octanol–water partition coefficient (Wildman–Crippen LogP) is 4.04. The van der Waals surface area contributed by atoms with Gasteiger partial charge in [0, 0.05) is 35.6 Å². The van der Waals surface area contributed by atoms with Crippen LogP contribution in [0.25, 0.3) is 0 Å². The number of hydrogen-bond donors (Lipinski definition) is 2. The number of carbonyl (C=O) groups excluding carboxylic acids is 3. The molecule has 0 radical (unpaired) electrons. The standard InChI is InChI=1S/C26H28N4O3/c1-17-12-13-18(2)30(17)28-26(33)21-10-7-11-23(14-21)27-25(32)22-15-24(31)29(16-22)19(3)20-8-5-4-6-9-20/h4-14,19,22H,15-16H2,1-3H3,(H,27,32)(H,28,33)/t19-,22-/m0/s1. The molecule has 170 valence electrons. The Morgan fingerprint density at radius 3 is 2.36 bits per heavy atom. The first-order valence-corrected chi connectivity index (χ1v) is 11.0. The van der Waals surface area contributed by atoms with Crippen molar-refractivity contribution in [1.29, 1.82) is 0 Å². The summed E-state index contributed by atoms with van der Waals surface area (Å²) in [6, 6.07) is 20.4. The minimum atomic E-state index is -0.439. The van der Waals surface area contributed by atoms with Gasteiger partial charge in [-0.1, -0.05) is 36.4 Å². The monoisotopic (exact) mass is 444 g/mol. The zero-order valence-electron chi connectivity index (χ0n) is 19.0. The van der Waals surface area contributed by atoms with Crippen LogP contribution >= 0.6 is 0 Å². The van der Waals surface area contributed by atoms with E-state index in [1.165, 1.54) is 0 Å². The average molecular weight is 445 g/mol. The lowest BCUT2D eigenvalue weighted by Crippen LogP contribution is -2.30. The lowest BCUT2D eigenvalue weighted by atomic mass is 10.1. The molecule has 7 heteroatoms. The molecule has 0 unspecified atom stereocenters. The van der Waals surface area contributed by atoms with Crippen molar-refractivity contribution in [2.45, 2.75) is 33.2 Å². The van der Waals surface area contributed by atoms with Gasteiger partial charge in [-0.3, -0.25) is 24.5 Å². The lowest BCUT2D eigenvalue weighted by Gasteiger charge is -2.25. The second-order valence-electron chi connectivity index (χ2n) is 8.50. The molecule has 0 aliphatic carbocycles. The lowest BCUT2D eigenvalue weighted by molar-refractivity contribution is -0.129. The molecule has 1 aliphatic heterocycles. The van der Waals surface area contributed by atoms with Crippen molar-refractivity contribution in [3.8, 4) is 0 Å². The van der Waals surface area contributed by atoms with Crippen LogP contribution in [0.2, 0.25) is 0 Å². The first-order chi connectivity index (χ1) is 15.8. The van der Waals surface area contributed by atoms with E-state index >= 15 is 0 Å². The summed E-state index contributed by atoms with van der Waals surface area (Å²) in [5.74, 6) is -0.961. The number of hydrogen-bond acceptors (Lipinski definition) is 3. The fourth-order valence-electron chi connectivity index (χ4n) is 4.19. The Hall–Kier alpha value is -3.87. The van der Waals surface area contributed by atoms with E-state index in [2.05, 4.69) is 10.7 Å². The number of likely N-dealkylation sites (tertiary alicyclic amines) is 1. The van der Waals surface area contributed by atoms with Gasteiger partial charge in [0.1, 0.15) is 0 Å². The maximum absolute atomic E-state index is 12.9. The maximum Gasteiger partial charge on any atom is 0.270 e. The van der Waals surface area contributed by atoms with Crippen molar-refractivity contribution in [1.82, 2.24) is 9.58 Å². The second kappa shape index (κ2) is 9.32. The highest BCUT2D eigenvalue weighted by molar-refractivity contribution is 6.02. The van der Waals surface area contributed by atoms with E-state index in [1.807, 2.05) is 63.2 Å². The Labute approximate surface area is 193 Å². The van der Waals surface area contributed by atoms with Crippen LogP contribution in [0.3, 0.4) is 0 Å². The zero-order chi connectivity index (χ0) is 23.5. The molecule has 0 bridgehead atoms. The highest BCUT2D eigenvalue weighted by Crippen LogP contribution is 2.29. The van der Waals surface area contributed by atoms with Gasteiger partial charge in [0.25, 0.3) is 5.91 Å². The Morgan fingerprint density at radius 1 is 0.970 bits per heavy atom. The van der Waals surface area contributed by atoms with E-state index in [0.717, 1.165) is 17.0 Å². The Morgan fingerprint density at radius 2 is 1.67 bits per heavy atom. The third kappa shape index (κ3) is 4.82. The van der Waals surface area contributed by atoms with E-state index < -0.39 is 5.92 Å². The molecule has 2 aromatic carbocycles. The SMILES string of the molecule is Cc1ccc(C)n1NC(=O)c1cccc(NC(=O)[C@H]2CC(=O)N([C@@H](C)c3ccccc3)C2)c1. The molecule has 7 nitrogen and oxygen atoms in total. The van der Waals surface area contributed by atoms with E-state index in [1.54, 1.807) is 33.8 Å². The highest BCUT2D eigenvalue weighted by Gasteiger charge is 2.37. The van der Waals surface area contributed by atoms with Gasteiger partial charge in [0.2, 0.25) is 11.8 Å². The largest absolute Gasteiger partial charge is 0.335 e. The third-order valence-electron chi connectivity index (χ3n) is 6.16. The number of amides is 3. The zero-order valence-corrected chi connectivity index (χ0v) is 19.0. The van der Waals surface area contributed by atoms with Crippen molar-refractivity contribution < 1.29 is 14.4 Å². The normalized spacial score (nSPS) is 16.5. The summed E-state index contributed by atoms with van der Waals surface area (Å²) in [7, 11) is 0. The first-order valence-electron chi connectivity index (χ1n) is 11.0. The van der Waals surface area contributed by atoms with Crippen LogP contribution in [0, 0.1) is 19.8 Å². The highest BCUT2D eigenvalue weighted by atomic mass is 16.2. The van der Waals surface area contributed by atoms with Gasteiger partial charge in [0.05, 0.1) is 12.0 Å². The molecule has 1 fully saturated rings. The maximum atomic E-state index is 12.9. The van der Waals surface area contributed by atoms with Crippen LogP contribution < -0.4 is 10.7 Å². The van der Waals surface area contributed by atoms with Crippen molar-refractivity contribution in [3.63, 3.8) is 0 Å². The van der Waals surface area contributed by atoms with Crippen LogP contribution in [0.1, 0.15) is 46.7 Å². The number of anilines is 1. The molecular weight excluding hydrogens is 416 g/mol. The number of carbonyl (C=O) groups is 3. The predicted molar refractivity (Wildman–Crippen MR) is 127 cm³/mol. The number of nitrogens with zero attached hydrogens (tertiary/aromatic N) is 2. The fraction of sp³-hybridized carbons (Fsp3) is 0.269. The molecule has 3 amide bonds. The molecule has 4 rings (SSSR count). The van der Waals surface area contributed by atoms with E-state index in [4.69, 9.17) is 0 Å². The van der Waals surface area contributed by atoms with Crippen molar-refractivity contribution >= 4 is 23.4 Å². The summed E-state index contributed by atoms with van der Waals surface area (Å²) < 4.78 is 1.72. The minimum absolute atomic E-state index is 0.0305. The summed E-state index contributed by atoms with van der Waals surface area (Å²) in [5.41, 5.74) is 6.70. The van der Waals surface area contributed by atoms with Gasteiger partial charge in [-0.2, -0.15) is 0 Å². The van der Waals surface area contributed by atoms with Crippen molar-refractivity contribution in [3.05, 3.63) is 89.2 Å². The van der Waals surface area contributed by atoms with E-state index in [-0.39, 0.29) is 30.2 Å². The van der Waals surface area contributed by atoms with Crippen LogP contribution in [-0.4, -0.2) is 33.8 Å². The van der Waals surface area contributed by atoms with Gasteiger partial charge in [-0.05, 0) is 56.7 Å². The van der Waals surface area contributed by atoms with Gasteiger partial charge in [-0.15, -0.1) is 0 Å². The molecule has 2 heterocycles. The molecule has 33 heavy (non-hydrogen) atoms. The van der Waals surface area contributed by atoms with Gasteiger partial charge in [-0.25, -0.2) is 0 Å². The summed E-state index contributed by atoms with van der Waals surface area (Å²) in [5, 5.41) is 2.88. The Bertz CT molecular complexity index is 1170. The van der Waals surface area contributed by atoms with Crippen LogP contribution in [-0.2, 0) is 9.59 Å². The molecular formula is C26H28N4O3. The molecule has 3 aromatic rings. The summed E-state index contributed by atoms with van der Waals surface area (Å²) >= 11 is 0. The molecule has 1 aliphatic rings. The van der Waals surface area contributed by atoms with Crippen molar-refractivity contribution in [2.24, 2.45) is 5.92 Å². The van der Waals surface area contributed by atoms with Crippen molar-refractivity contribution in [2.75, 3.05) is 17.3 Å². The summed E-state index contributed by atoms with van der Waals surface area (Å²) in [4.78, 5) is 40.0. The molecule has 0 spiro atoms. The average Bonchev–Trinajstić information content (AvgIpc) is 3.36. The quantitative estimate of drug-likeness (QED) is 0.602. The third-order valence-corrected chi connectivity index (χ3v) is 6.16. The Kier molecular flexibility index (Phi) is 6.31. The molecule has 2 atom stereocenters. The van der Waals surface area contributed by atoms with E-state index in [0.29, 0.717) is 17.8 Å². The smallest absolute Gasteiger partial charge is 0.270 e. The second-order valence-corrected chi connectivity index (χ2v) is 8.50. The number of aromatic nitrogens is 1. The topological polar surface area (TPSA) is 83.4 Å². The van der Waals surface area contributed by atoms with Crippen LogP contribution in [0.5, 0.6) is 0 Å². The first kappa shape index (κ1) is 22.3. The van der Waals surface area contributed by atoms with Gasteiger partial charge >= 0.3 is 0 Å². The number of rotatable bonds is 6. The van der Waals surface area contributed by atoms with Crippen LogP contribution in [0.4, 0.5) is 5.69 Å². The Balaban J connectivity index is 1.41.